The number of carbonyl (C=O) groups excluding carboxylic acids is 2. The molecule has 46 heavy (non-hydrogen) atoms. The number of carbonyl (C=O) groups is 2. The van der Waals surface area contributed by atoms with Gasteiger partial charge in [0, 0.05) is 12.8 Å². The van der Waals surface area contributed by atoms with Gasteiger partial charge in [0.15, 0.2) is 6.10 Å². The second-order valence-corrected chi connectivity index (χ2v) is 13.8. The zero-order valence-corrected chi connectivity index (χ0v) is 30.4. The predicted octanol–water partition coefficient (Wildman–Crippen LogP) is 10.8. The first-order chi connectivity index (χ1) is 22.3. The second-order valence-electron chi connectivity index (χ2n) is 12.5. The molecule has 0 aliphatic rings. The summed E-state index contributed by atoms with van der Waals surface area (Å²) in [5.74, 6) is -0.903. The lowest BCUT2D eigenvalue weighted by Gasteiger charge is -2.18. The highest BCUT2D eigenvalue weighted by Gasteiger charge is 2.22. The molecule has 0 aromatic carbocycles. The number of hydrogen-bond donors (Lipinski definition) is 2. The van der Waals surface area contributed by atoms with Gasteiger partial charge >= 0.3 is 19.8 Å². The zero-order chi connectivity index (χ0) is 34.0. The maximum Gasteiger partial charge on any atom is 0.469 e. The Kier molecular flexibility index (Phi) is 32.4. The molecule has 0 saturated heterocycles. The molecule has 0 saturated carbocycles. The smallest absolute Gasteiger partial charge is 0.462 e. The van der Waals surface area contributed by atoms with Gasteiger partial charge < -0.3 is 19.3 Å². The normalized spacial score (nSPS) is 12.7. The lowest BCUT2D eigenvalue weighted by molar-refractivity contribution is -0.161. The average molecular weight is 673 g/mol. The van der Waals surface area contributed by atoms with Gasteiger partial charge in [-0.3, -0.25) is 14.1 Å². The van der Waals surface area contributed by atoms with Crippen LogP contribution in [0, 0.1) is 0 Å². The molecule has 0 radical (unpaired) electrons. The minimum atomic E-state index is -4.75. The van der Waals surface area contributed by atoms with Gasteiger partial charge in [0.2, 0.25) is 0 Å². The van der Waals surface area contributed by atoms with E-state index >= 15 is 0 Å². The molecular weight excluding hydrogens is 603 g/mol. The van der Waals surface area contributed by atoms with Crippen LogP contribution in [0.25, 0.3) is 0 Å². The maximum atomic E-state index is 12.3. The van der Waals surface area contributed by atoms with E-state index in [0.29, 0.717) is 12.8 Å². The van der Waals surface area contributed by atoms with Crippen LogP contribution in [0.4, 0.5) is 0 Å². The Morgan fingerprint density at radius 1 is 0.543 bits per heavy atom. The number of phosphoric ester groups is 1. The first-order valence-corrected chi connectivity index (χ1v) is 20.2. The van der Waals surface area contributed by atoms with E-state index < -0.39 is 32.5 Å². The molecule has 0 rings (SSSR count). The SMILES string of the molecule is CCCCCC/C=C/CCCCCCCC(=O)O[C@H](COC(=O)CCCCCCC/C=C/CCCCCCCC)COP(=O)(O)O. The largest absolute Gasteiger partial charge is 0.469 e. The summed E-state index contributed by atoms with van der Waals surface area (Å²) in [5.41, 5.74) is 0. The van der Waals surface area contributed by atoms with Gasteiger partial charge in [0.1, 0.15) is 6.61 Å². The Morgan fingerprint density at radius 3 is 1.35 bits per heavy atom. The Morgan fingerprint density at radius 2 is 0.913 bits per heavy atom. The van der Waals surface area contributed by atoms with Crippen LogP contribution < -0.4 is 0 Å². The third-order valence-corrected chi connectivity index (χ3v) is 8.43. The quantitative estimate of drug-likeness (QED) is 0.0300. The summed E-state index contributed by atoms with van der Waals surface area (Å²) < 4.78 is 26.3. The first-order valence-electron chi connectivity index (χ1n) is 18.6. The van der Waals surface area contributed by atoms with E-state index in [-0.39, 0.29) is 19.4 Å². The molecule has 0 bridgehead atoms. The molecule has 0 heterocycles. The highest BCUT2D eigenvalue weighted by molar-refractivity contribution is 7.46. The maximum absolute atomic E-state index is 12.3. The van der Waals surface area contributed by atoms with Crippen LogP contribution in [0.3, 0.4) is 0 Å². The summed E-state index contributed by atoms with van der Waals surface area (Å²) in [6, 6.07) is 0. The molecule has 9 heteroatoms. The Bertz CT molecular complexity index is 807. The molecule has 1 atom stereocenters. The number of hydrogen-bond acceptors (Lipinski definition) is 6. The minimum absolute atomic E-state index is 0.201. The van der Waals surface area contributed by atoms with Crippen LogP contribution >= 0.6 is 7.82 Å². The molecule has 0 fully saturated rings. The molecule has 270 valence electrons. The first kappa shape index (κ1) is 44.5. The van der Waals surface area contributed by atoms with Crippen molar-refractivity contribution in [3.8, 4) is 0 Å². The number of allylic oxidation sites excluding steroid dienone is 4. The van der Waals surface area contributed by atoms with Gasteiger partial charge in [-0.25, -0.2) is 4.57 Å². The molecule has 0 spiro atoms. The monoisotopic (exact) mass is 672 g/mol. The molecular formula is C37H69O8P. The zero-order valence-electron chi connectivity index (χ0n) is 29.5. The number of esters is 2. The van der Waals surface area contributed by atoms with E-state index in [4.69, 9.17) is 19.3 Å². The summed E-state index contributed by atoms with van der Waals surface area (Å²) in [6.45, 7) is 3.64. The van der Waals surface area contributed by atoms with Gasteiger partial charge in [-0.15, -0.1) is 0 Å². The van der Waals surface area contributed by atoms with Crippen molar-refractivity contribution in [1.82, 2.24) is 0 Å². The van der Waals surface area contributed by atoms with E-state index in [1.54, 1.807) is 0 Å². The van der Waals surface area contributed by atoms with Crippen LogP contribution in [0.2, 0.25) is 0 Å². The average Bonchev–Trinajstić information content (AvgIpc) is 3.02. The fourth-order valence-electron chi connectivity index (χ4n) is 5.13. The van der Waals surface area contributed by atoms with E-state index in [1.807, 2.05) is 0 Å². The highest BCUT2D eigenvalue weighted by Crippen LogP contribution is 2.36. The lowest BCUT2D eigenvalue weighted by Crippen LogP contribution is -2.29. The van der Waals surface area contributed by atoms with Crippen LogP contribution in [0.5, 0.6) is 0 Å². The highest BCUT2D eigenvalue weighted by atomic mass is 31.2. The predicted molar refractivity (Wildman–Crippen MR) is 189 cm³/mol. The third-order valence-electron chi connectivity index (χ3n) is 7.94. The summed E-state index contributed by atoms with van der Waals surface area (Å²) in [4.78, 5) is 42.6. The Hall–Kier alpha value is -1.47. The van der Waals surface area contributed by atoms with Crippen molar-refractivity contribution in [2.24, 2.45) is 0 Å². The van der Waals surface area contributed by atoms with Crippen molar-refractivity contribution in [2.75, 3.05) is 13.2 Å². The van der Waals surface area contributed by atoms with Crippen molar-refractivity contribution in [3.63, 3.8) is 0 Å². The second kappa shape index (κ2) is 33.4. The van der Waals surface area contributed by atoms with Gasteiger partial charge in [-0.05, 0) is 64.2 Å². The Balaban J connectivity index is 3.99. The van der Waals surface area contributed by atoms with E-state index in [9.17, 15) is 14.2 Å². The van der Waals surface area contributed by atoms with E-state index in [1.165, 1.54) is 77.0 Å². The van der Waals surface area contributed by atoms with Gasteiger partial charge in [0.25, 0.3) is 0 Å². The summed E-state index contributed by atoms with van der Waals surface area (Å²) in [5, 5.41) is 0. The van der Waals surface area contributed by atoms with Crippen LogP contribution in [0.15, 0.2) is 24.3 Å². The molecule has 0 amide bonds. The van der Waals surface area contributed by atoms with Crippen LogP contribution in [-0.4, -0.2) is 41.0 Å². The van der Waals surface area contributed by atoms with E-state index in [2.05, 4.69) is 42.7 Å². The molecule has 2 N–H and O–H groups in total. The summed E-state index contributed by atoms with van der Waals surface area (Å²) in [7, 11) is -4.75. The molecule has 8 nitrogen and oxygen atoms in total. The summed E-state index contributed by atoms with van der Waals surface area (Å²) >= 11 is 0. The van der Waals surface area contributed by atoms with Crippen molar-refractivity contribution < 1.29 is 37.9 Å². The molecule has 0 aliphatic carbocycles. The molecule has 0 unspecified atom stereocenters. The lowest BCUT2D eigenvalue weighted by atomic mass is 10.1. The summed E-state index contributed by atoms with van der Waals surface area (Å²) in [6.07, 6.45) is 36.1. The van der Waals surface area contributed by atoms with Crippen LogP contribution in [-0.2, 0) is 28.2 Å². The van der Waals surface area contributed by atoms with E-state index in [0.717, 1.165) is 64.2 Å². The fraction of sp³-hybridized carbons (Fsp3) is 0.838. The van der Waals surface area contributed by atoms with Crippen molar-refractivity contribution in [2.45, 2.75) is 187 Å². The molecule has 0 aromatic rings. The minimum Gasteiger partial charge on any atom is -0.462 e. The fourth-order valence-corrected chi connectivity index (χ4v) is 5.49. The van der Waals surface area contributed by atoms with Gasteiger partial charge in [-0.2, -0.15) is 0 Å². The number of unbranched alkanes of at least 4 members (excludes halogenated alkanes) is 20. The van der Waals surface area contributed by atoms with Crippen molar-refractivity contribution in [3.05, 3.63) is 24.3 Å². The topological polar surface area (TPSA) is 119 Å². The standard InChI is InChI=1S/C37H69O8P/c1-3-5-7-9-11-13-15-17-18-20-21-23-25-27-29-31-36(38)43-33-35(34-44-46(40,41)42)45-37(39)32-30-28-26-24-22-19-16-14-12-10-8-6-4-2/h14,16-18,35H,3-13,15,19-34H2,1-2H3,(H2,40,41,42)/b16-14+,18-17+/t35-/m1/s1. The van der Waals surface area contributed by atoms with Gasteiger partial charge in [-0.1, -0.05) is 128 Å². The van der Waals surface area contributed by atoms with Crippen molar-refractivity contribution in [1.29, 1.82) is 0 Å². The van der Waals surface area contributed by atoms with Crippen LogP contribution in [0.1, 0.15) is 181 Å². The Labute approximate surface area is 281 Å². The third kappa shape index (κ3) is 35.4. The van der Waals surface area contributed by atoms with Crippen molar-refractivity contribution >= 4 is 19.8 Å². The number of rotatable bonds is 34. The number of phosphoric acid groups is 1. The van der Waals surface area contributed by atoms with Gasteiger partial charge in [0.05, 0.1) is 6.61 Å². The molecule has 0 aliphatic heterocycles. The number of ether oxygens (including phenoxy) is 2. The molecule has 0 aromatic heterocycles.